The van der Waals surface area contributed by atoms with E-state index < -0.39 is 0 Å². The van der Waals surface area contributed by atoms with Crippen LogP contribution in [0.25, 0.3) is 0 Å². The summed E-state index contributed by atoms with van der Waals surface area (Å²) in [6.07, 6.45) is 0. The number of piperazine rings is 1. The Kier molecular flexibility index (Phi) is 4.09. The van der Waals surface area contributed by atoms with Crippen molar-refractivity contribution < 1.29 is 9.84 Å². The summed E-state index contributed by atoms with van der Waals surface area (Å²) in [7, 11) is 1.61. The molecule has 1 aromatic carbocycles. The minimum absolute atomic E-state index is 0.263. The second-order valence-electron chi connectivity index (χ2n) is 4.89. The molecule has 1 fully saturated rings. The van der Waals surface area contributed by atoms with Gasteiger partial charge in [-0.25, -0.2) is 0 Å². The number of phenols is 1. The quantitative estimate of drug-likeness (QED) is 0.851. The number of nitrogens with zero attached hydrogens (tertiary/aromatic N) is 1. The van der Waals surface area contributed by atoms with Crippen LogP contribution >= 0.6 is 0 Å². The van der Waals surface area contributed by atoms with E-state index in [0.717, 1.165) is 43.9 Å². The molecule has 1 saturated heterocycles. The van der Waals surface area contributed by atoms with E-state index in [-0.39, 0.29) is 5.75 Å². The van der Waals surface area contributed by atoms with Crippen LogP contribution in [0.15, 0.2) is 6.07 Å². The fourth-order valence-electron chi connectivity index (χ4n) is 2.46. The number of aromatic hydroxyl groups is 1. The van der Waals surface area contributed by atoms with E-state index in [4.69, 9.17) is 4.74 Å². The van der Waals surface area contributed by atoms with Gasteiger partial charge in [0.05, 0.1) is 7.11 Å². The van der Waals surface area contributed by atoms with E-state index in [9.17, 15) is 5.11 Å². The Bertz CT molecular complexity index is 426. The highest BCUT2D eigenvalue weighted by Crippen LogP contribution is 2.35. The van der Waals surface area contributed by atoms with Gasteiger partial charge >= 0.3 is 0 Å². The van der Waals surface area contributed by atoms with Gasteiger partial charge in [-0.3, -0.25) is 4.90 Å². The van der Waals surface area contributed by atoms with E-state index in [1.54, 1.807) is 7.11 Å². The molecule has 0 spiro atoms. The largest absolute Gasteiger partial charge is 0.504 e. The van der Waals surface area contributed by atoms with Crippen LogP contribution in [0.1, 0.15) is 16.7 Å². The highest BCUT2D eigenvalue weighted by Gasteiger charge is 2.16. The number of hydrogen-bond acceptors (Lipinski definition) is 4. The Labute approximate surface area is 109 Å². The molecular formula is C14H22N2O2. The summed E-state index contributed by atoms with van der Waals surface area (Å²) in [5.41, 5.74) is 3.16. The molecule has 18 heavy (non-hydrogen) atoms. The Hall–Kier alpha value is -1.26. The second kappa shape index (κ2) is 5.59. The average Bonchev–Trinajstić information content (AvgIpc) is 2.38. The van der Waals surface area contributed by atoms with Crippen molar-refractivity contribution >= 4 is 0 Å². The van der Waals surface area contributed by atoms with Gasteiger partial charge in [0.1, 0.15) is 0 Å². The van der Waals surface area contributed by atoms with E-state index in [2.05, 4.69) is 16.3 Å². The molecule has 0 saturated carbocycles. The molecule has 100 valence electrons. The van der Waals surface area contributed by atoms with Crippen molar-refractivity contribution in [2.45, 2.75) is 20.4 Å². The number of ether oxygens (including phenoxy) is 1. The lowest BCUT2D eigenvalue weighted by atomic mass is 10.0. The third-order valence-corrected chi connectivity index (χ3v) is 3.61. The molecule has 0 bridgehead atoms. The van der Waals surface area contributed by atoms with Crippen LogP contribution in [-0.2, 0) is 6.54 Å². The molecule has 4 heteroatoms. The number of benzene rings is 1. The second-order valence-corrected chi connectivity index (χ2v) is 4.89. The number of nitrogens with one attached hydrogen (secondary N) is 1. The van der Waals surface area contributed by atoms with Gasteiger partial charge in [0.2, 0.25) is 0 Å². The molecule has 1 aliphatic heterocycles. The maximum absolute atomic E-state index is 9.96. The maximum Gasteiger partial charge on any atom is 0.163 e. The summed E-state index contributed by atoms with van der Waals surface area (Å²) in [4.78, 5) is 2.43. The molecule has 0 unspecified atom stereocenters. The molecule has 0 radical (unpaired) electrons. The lowest BCUT2D eigenvalue weighted by Crippen LogP contribution is -2.43. The Morgan fingerprint density at radius 1 is 1.33 bits per heavy atom. The monoisotopic (exact) mass is 250 g/mol. The molecule has 2 rings (SSSR count). The number of phenolic OH excluding ortho intramolecular Hbond substituents is 1. The zero-order valence-electron chi connectivity index (χ0n) is 11.4. The van der Waals surface area contributed by atoms with E-state index >= 15 is 0 Å². The Morgan fingerprint density at radius 2 is 2.00 bits per heavy atom. The highest BCUT2D eigenvalue weighted by molar-refractivity contribution is 5.53. The number of hydrogen-bond donors (Lipinski definition) is 2. The summed E-state index contributed by atoms with van der Waals surface area (Å²) >= 11 is 0. The molecule has 1 aromatic rings. The summed E-state index contributed by atoms with van der Waals surface area (Å²) < 4.78 is 5.31. The standard InChI is InChI=1S/C14H22N2O2/c1-10-8-12(9-16-6-4-15-5-7-16)11(2)14(18-3)13(10)17/h8,15,17H,4-7,9H2,1-3H3. The van der Waals surface area contributed by atoms with Crippen molar-refractivity contribution in [3.8, 4) is 11.5 Å². The summed E-state index contributed by atoms with van der Waals surface area (Å²) in [5.74, 6) is 0.874. The van der Waals surface area contributed by atoms with Crippen LogP contribution in [0.4, 0.5) is 0 Å². The third-order valence-electron chi connectivity index (χ3n) is 3.61. The normalized spacial score (nSPS) is 16.8. The van der Waals surface area contributed by atoms with Gasteiger partial charge in [0, 0.05) is 32.7 Å². The van der Waals surface area contributed by atoms with Crippen molar-refractivity contribution in [2.75, 3.05) is 33.3 Å². The molecule has 1 aliphatic rings. The summed E-state index contributed by atoms with van der Waals surface area (Å²) in [5, 5.41) is 13.3. The van der Waals surface area contributed by atoms with E-state index in [1.165, 1.54) is 5.56 Å². The maximum atomic E-state index is 9.96. The van der Waals surface area contributed by atoms with Crippen molar-refractivity contribution in [2.24, 2.45) is 0 Å². The van der Waals surface area contributed by atoms with Crippen LogP contribution < -0.4 is 10.1 Å². The van der Waals surface area contributed by atoms with Gasteiger partial charge in [-0.1, -0.05) is 6.07 Å². The third kappa shape index (κ3) is 2.60. The van der Waals surface area contributed by atoms with Gasteiger partial charge in [0.15, 0.2) is 11.5 Å². The molecular weight excluding hydrogens is 228 g/mol. The molecule has 4 nitrogen and oxygen atoms in total. The van der Waals surface area contributed by atoms with Gasteiger partial charge in [-0.15, -0.1) is 0 Å². The molecule has 0 aromatic heterocycles. The van der Waals surface area contributed by atoms with Gasteiger partial charge in [-0.05, 0) is 30.5 Å². The number of aryl methyl sites for hydroxylation is 1. The average molecular weight is 250 g/mol. The lowest BCUT2D eigenvalue weighted by Gasteiger charge is -2.28. The first-order chi connectivity index (χ1) is 8.63. The minimum Gasteiger partial charge on any atom is -0.504 e. The highest BCUT2D eigenvalue weighted by atomic mass is 16.5. The molecule has 1 heterocycles. The zero-order chi connectivity index (χ0) is 13.1. The minimum atomic E-state index is 0.263. The number of methoxy groups -OCH3 is 1. The van der Waals surface area contributed by atoms with Crippen LogP contribution in [-0.4, -0.2) is 43.3 Å². The summed E-state index contributed by atoms with van der Waals surface area (Å²) in [6.45, 7) is 9.09. The molecule has 0 amide bonds. The van der Waals surface area contributed by atoms with Crippen LogP contribution in [0.2, 0.25) is 0 Å². The van der Waals surface area contributed by atoms with E-state index in [1.807, 2.05) is 13.8 Å². The molecule has 0 aliphatic carbocycles. The Morgan fingerprint density at radius 3 is 2.61 bits per heavy atom. The molecule has 2 N–H and O–H groups in total. The van der Waals surface area contributed by atoms with E-state index in [0.29, 0.717) is 5.75 Å². The topological polar surface area (TPSA) is 44.7 Å². The van der Waals surface area contributed by atoms with Gasteiger partial charge in [0.25, 0.3) is 0 Å². The first kappa shape index (κ1) is 13.2. The van der Waals surface area contributed by atoms with Crippen LogP contribution in [0, 0.1) is 13.8 Å². The predicted molar refractivity (Wildman–Crippen MR) is 72.3 cm³/mol. The fraction of sp³-hybridized carbons (Fsp3) is 0.571. The molecule has 0 atom stereocenters. The van der Waals surface area contributed by atoms with Gasteiger partial charge in [-0.2, -0.15) is 0 Å². The van der Waals surface area contributed by atoms with Crippen molar-refractivity contribution in [3.63, 3.8) is 0 Å². The van der Waals surface area contributed by atoms with Crippen LogP contribution in [0.3, 0.4) is 0 Å². The smallest absolute Gasteiger partial charge is 0.163 e. The SMILES string of the molecule is COc1c(C)c(CN2CCNCC2)cc(C)c1O. The zero-order valence-corrected chi connectivity index (χ0v) is 11.4. The van der Waals surface area contributed by atoms with Crippen LogP contribution in [0.5, 0.6) is 11.5 Å². The summed E-state index contributed by atoms with van der Waals surface area (Å²) in [6, 6.07) is 2.06. The first-order valence-corrected chi connectivity index (χ1v) is 6.42. The predicted octanol–water partition coefficient (Wildman–Crippen LogP) is 1.42. The van der Waals surface area contributed by atoms with Crippen molar-refractivity contribution in [3.05, 3.63) is 22.8 Å². The fourth-order valence-corrected chi connectivity index (χ4v) is 2.46. The Balaban J connectivity index is 2.24. The first-order valence-electron chi connectivity index (χ1n) is 6.42. The van der Waals surface area contributed by atoms with Crippen molar-refractivity contribution in [1.82, 2.24) is 10.2 Å². The van der Waals surface area contributed by atoms with Gasteiger partial charge < -0.3 is 15.2 Å². The number of rotatable bonds is 3. The lowest BCUT2D eigenvalue weighted by molar-refractivity contribution is 0.232. The van der Waals surface area contributed by atoms with Crippen molar-refractivity contribution in [1.29, 1.82) is 0 Å².